The monoisotopic (exact) mass is 201 g/mol. The molecule has 1 N–H and O–H groups in total. The Hall–Kier alpha value is -1.03. The Morgan fingerprint density at radius 2 is 1.86 bits per heavy atom. The van der Waals surface area contributed by atoms with Crippen molar-refractivity contribution >= 4 is 0 Å². The van der Waals surface area contributed by atoms with Gasteiger partial charge in [-0.25, -0.2) is 13.2 Å². The van der Waals surface area contributed by atoms with Crippen molar-refractivity contribution in [1.82, 2.24) is 5.32 Å². The largest absolute Gasteiger partial charge is 0.316 e. The predicted octanol–water partition coefficient (Wildman–Crippen LogP) is 2.14. The van der Waals surface area contributed by atoms with Crippen molar-refractivity contribution in [1.29, 1.82) is 0 Å². The summed E-state index contributed by atoms with van der Waals surface area (Å²) in [6.07, 6.45) is 0. The van der Waals surface area contributed by atoms with E-state index in [1.165, 1.54) is 12.1 Å². The highest BCUT2D eigenvalue weighted by molar-refractivity contribution is 5.23. The normalized spacial score (nSPS) is 17.9. The summed E-state index contributed by atoms with van der Waals surface area (Å²) in [5.74, 6) is -4.67. The first kappa shape index (κ1) is 9.52. The van der Waals surface area contributed by atoms with Gasteiger partial charge in [0.1, 0.15) is 5.82 Å². The van der Waals surface area contributed by atoms with E-state index in [1.54, 1.807) is 0 Å². The third-order valence-corrected chi connectivity index (χ3v) is 2.53. The number of halogens is 3. The summed E-state index contributed by atoms with van der Waals surface area (Å²) in [5, 5.41) is 2.75. The van der Waals surface area contributed by atoms with Crippen LogP contribution < -0.4 is 5.32 Å². The zero-order chi connectivity index (χ0) is 10.2. The molecule has 0 atom stereocenters. The Balaban J connectivity index is 2.32. The van der Waals surface area contributed by atoms with Crippen molar-refractivity contribution in [3.63, 3.8) is 0 Å². The molecule has 0 aliphatic carbocycles. The minimum absolute atomic E-state index is 0.251. The molecule has 76 valence electrons. The van der Waals surface area contributed by atoms with Crippen LogP contribution in [0.1, 0.15) is 5.56 Å². The van der Waals surface area contributed by atoms with E-state index in [1.807, 2.05) is 0 Å². The van der Waals surface area contributed by atoms with E-state index in [-0.39, 0.29) is 13.1 Å². The summed E-state index contributed by atoms with van der Waals surface area (Å²) >= 11 is 0. The molecule has 0 amide bonds. The number of nitrogens with one attached hydrogen (secondary N) is 1. The smallest absolute Gasteiger partial charge is 0.281 e. The van der Waals surface area contributed by atoms with Crippen LogP contribution in [0.4, 0.5) is 13.2 Å². The molecule has 0 saturated carbocycles. The fraction of sp³-hybridized carbons (Fsp3) is 0.400. The van der Waals surface area contributed by atoms with Crippen LogP contribution in [0.3, 0.4) is 0 Å². The number of hydrogen-bond acceptors (Lipinski definition) is 1. The molecule has 0 spiro atoms. The SMILES string of the molecule is Fc1ccccc1C(F)(F)C1CNC1. The Morgan fingerprint density at radius 3 is 2.36 bits per heavy atom. The predicted molar refractivity (Wildman–Crippen MR) is 46.7 cm³/mol. The number of hydrogen-bond donors (Lipinski definition) is 1. The summed E-state index contributed by atoms with van der Waals surface area (Å²) < 4.78 is 40.3. The summed E-state index contributed by atoms with van der Waals surface area (Å²) in [7, 11) is 0. The molecule has 1 saturated heterocycles. The minimum atomic E-state index is -3.06. The lowest BCUT2D eigenvalue weighted by atomic mass is 9.90. The molecule has 1 heterocycles. The Morgan fingerprint density at radius 1 is 1.21 bits per heavy atom. The van der Waals surface area contributed by atoms with E-state index in [2.05, 4.69) is 5.32 Å². The van der Waals surface area contributed by atoms with Gasteiger partial charge in [0.05, 0.1) is 11.5 Å². The van der Waals surface area contributed by atoms with Gasteiger partial charge in [-0.2, -0.15) is 0 Å². The molecule has 1 nitrogen and oxygen atoms in total. The van der Waals surface area contributed by atoms with Gasteiger partial charge in [0.2, 0.25) is 0 Å². The molecule has 0 unspecified atom stereocenters. The summed E-state index contributed by atoms with van der Waals surface area (Å²) in [4.78, 5) is 0. The number of benzene rings is 1. The van der Waals surface area contributed by atoms with Crippen LogP contribution in [0.15, 0.2) is 24.3 Å². The standard InChI is InChI=1S/C10H10F3N/c11-9-4-2-1-3-8(9)10(12,13)7-5-14-6-7/h1-4,7,14H,5-6H2. The third kappa shape index (κ3) is 1.39. The second-order valence-electron chi connectivity index (χ2n) is 3.46. The van der Waals surface area contributed by atoms with E-state index in [9.17, 15) is 13.2 Å². The molecule has 4 heteroatoms. The molecule has 1 fully saturated rings. The highest BCUT2D eigenvalue weighted by atomic mass is 19.3. The van der Waals surface area contributed by atoms with Crippen molar-refractivity contribution in [2.24, 2.45) is 5.92 Å². The van der Waals surface area contributed by atoms with Crippen LogP contribution in [0, 0.1) is 11.7 Å². The molecule has 0 bridgehead atoms. The van der Waals surface area contributed by atoms with E-state index < -0.39 is 23.2 Å². The zero-order valence-corrected chi connectivity index (χ0v) is 7.43. The van der Waals surface area contributed by atoms with Gasteiger partial charge in [-0.1, -0.05) is 18.2 Å². The van der Waals surface area contributed by atoms with Gasteiger partial charge in [0.15, 0.2) is 0 Å². The molecule has 14 heavy (non-hydrogen) atoms. The Bertz CT molecular complexity index is 334. The van der Waals surface area contributed by atoms with E-state index >= 15 is 0 Å². The molecule has 1 aliphatic heterocycles. The fourth-order valence-corrected chi connectivity index (χ4v) is 1.50. The highest BCUT2D eigenvalue weighted by Crippen LogP contribution is 2.38. The Kier molecular flexibility index (Phi) is 2.23. The van der Waals surface area contributed by atoms with Crippen molar-refractivity contribution in [3.05, 3.63) is 35.6 Å². The van der Waals surface area contributed by atoms with Crippen LogP contribution in [0.25, 0.3) is 0 Å². The maximum absolute atomic E-state index is 13.6. The van der Waals surface area contributed by atoms with E-state index in [0.717, 1.165) is 12.1 Å². The van der Waals surface area contributed by atoms with Crippen LogP contribution in [0.2, 0.25) is 0 Å². The zero-order valence-electron chi connectivity index (χ0n) is 7.43. The molecule has 0 aromatic heterocycles. The van der Waals surface area contributed by atoms with Gasteiger partial charge >= 0.3 is 0 Å². The van der Waals surface area contributed by atoms with Crippen molar-refractivity contribution < 1.29 is 13.2 Å². The minimum Gasteiger partial charge on any atom is -0.316 e. The first-order valence-corrected chi connectivity index (χ1v) is 4.46. The lowest BCUT2D eigenvalue weighted by Crippen LogP contribution is -2.50. The van der Waals surface area contributed by atoms with Crippen LogP contribution in [-0.2, 0) is 5.92 Å². The van der Waals surface area contributed by atoms with Gasteiger partial charge in [0, 0.05) is 13.1 Å². The van der Waals surface area contributed by atoms with Crippen molar-refractivity contribution in [3.8, 4) is 0 Å². The summed E-state index contributed by atoms with van der Waals surface area (Å²) in [6, 6.07) is 5.05. The molecule has 1 aliphatic rings. The fourth-order valence-electron chi connectivity index (χ4n) is 1.50. The molecule has 1 aromatic rings. The molecular formula is C10H10F3N. The first-order valence-electron chi connectivity index (χ1n) is 4.46. The highest BCUT2D eigenvalue weighted by Gasteiger charge is 2.45. The van der Waals surface area contributed by atoms with Gasteiger partial charge in [-0.05, 0) is 6.07 Å². The van der Waals surface area contributed by atoms with Crippen molar-refractivity contribution in [2.75, 3.05) is 13.1 Å². The number of alkyl halides is 2. The maximum atomic E-state index is 13.6. The van der Waals surface area contributed by atoms with Crippen molar-refractivity contribution in [2.45, 2.75) is 5.92 Å². The number of rotatable bonds is 2. The lowest BCUT2D eigenvalue weighted by Gasteiger charge is -2.34. The lowest BCUT2D eigenvalue weighted by molar-refractivity contribution is -0.0859. The van der Waals surface area contributed by atoms with E-state index in [4.69, 9.17) is 0 Å². The van der Waals surface area contributed by atoms with Crippen LogP contribution >= 0.6 is 0 Å². The van der Waals surface area contributed by atoms with Gasteiger partial charge in [0.25, 0.3) is 5.92 Å². The average molecular weight is 201 g/mol. The van der Waals surface area contributed by atoms with Crippen LogP contribution in [-0.4, -0.2) is 13.1 Å². The van der Waals surface area contributed by atoms with Gasteiger partial charge in [-0.3, -0.25) is 0 Å². The summed E-state index contributed by atoms with van der Waals surface area (Å²) in [6.45, 7) is 0.503. The molecule has 0 radical (unpaired) electrons. The van der Waals surface area contributed by atoms with Gasteiger partial charge < -0.3 is 5.32 Å². The molecular weight excluding hydrogens is 191 g/mol. The first-order chi connectivity index (χ1) is 6.62. The van der Waals surface area contributed by atoms with Crippen LogP contribution in [0.5, 0.6) is 0 Å². The second-order valence-corrected chi connectivity index (χ2v) is 3.46. The molecule has 1 aromatic carbocycles. The second kappa shape index (κ2) is 3.28. The quantitative estimate of drug-likeness (QED) is 0.773. The average Bonchev–Trinajstić information content (AvgIpc) is 2.00. The Labute approximate surface area is 79.9 Å². The topological polar surface area (TPSA) is 12.0 Å². The van der Waals surface area contributed by atoms with E-state index in [0.29, 0.717) is 0 Å². The third-order valence-electron chi connectivity index (χ3n) is 2.53. The summed E-state index contributed by atoms with van der Waals surface area (Å²) in [5.41, 5.74) is -0.494. The maximum Gasteiger partial charge on any atom is 0.281 e. The van der Waals surface area contributed by atoms with Gasteiger partial charge in [-0.15, -0.1) is 0 Å². The molecule has 2 rings (SSSR count).